The predicted octanol–water partition coefficient (Wildman–Crippen LogP) is 1.80. The lowest BCUT2D eigenvalue weighted by Crippen LogP contribution is -2.32. The Morgan fingerprint density at radius 1 is 1.53 bits per heavy atom. The molecule has 0 aromatic carbocycles. The summed E-state index contributed by atoms with van der Waals surface area (Å²) < 4.78 is 17.4. The Morgan fingerprint density at radius 3 is 2.71 bits per heavy atom. The van der Waals surface area contributed by atoms with Gasteiger partial charge in [-0.25, -0.2) is 0 Å². The second-order valence-corrected chi connectivity index (χ2v) is 6.54. The Kier molecular flexibility index (Phi) is 6.12. The Balaban J connectivity index is 2.29. The van der Waals surface area contributed by atoms with Crippen LogP contribution in [0.5, 0.6) is 0 Å². The molecule has 4 nitrogen and oxygen atoms in total. The van der Waals surface area contributed by atoms with Gasteiger partial charge in [-0.1, -0.05) is 13.8 Å². The molecule has 1 aliphatic heterocycles. The summed E-state index contributed by atoms with van der Waals surface area (Å²) in [4.78, 5) is 11.0. The molecule has 1 N–H and O–H groups in total. The number of ether oxygens (including phenoxy) is 1. The molecule has 0 spiro atoms. The van der Waals surface area contributed by atoms with Crippen molar-refractivity contribution in [2.24, 2.45) is 5.92 Å². The van der Waals surface area contributed by atoms with Gasteiger partial charge in [0.15, 0.2) is 0 Å². The summed E-state index contributed by atoms with van der Waals surface area (Å²) in [5, 5.41) is 8.27. The zero-order valence-corrected chi connectivity index (χ0v) is 11.4. The van der Waals surface area contributed by atoms with E-state index < -0.39 is 22.0 Å². The molecule has 100 valence electrons. The summed E-state index contributed by atoms with van der Waals surface area (Å²) in [6.07, 6.45) is 4.18. The van der Waals surface area contributed by atoms with E-state index in [0.29, 0.717) is 11.9 Å². The fraction of sp³-hybridized carbons (Fsp3) is 0.917. The summed E-state index contributed by atoms with van der Waals surface area (Å²) in [6, 6.07) is 0. The summed E-state index contributed by atoms with van der Waals surface area (Å²) in [6.45, 7) is 4.44. The van der Waals surface area contributed by atoms with Crippen molar-refractivity contribution in [3.63, 3.8) is 0 Å². The number of carbonyl (C=O) groups is 1. The fourth-order valence-electron chi connectivity index (χ4n) is 2.15. The third kappa shape index (κ3) is 4.76. The van der Waals surface area contributed by atoms with Gasteiger partial charge < -0.3 is 9.84 Å². The van der Waals surface area contributed by atoms with Crippen LogP contribution in [0.4, 0.5) is 0 Å². The molecule has 3 atom stereocenters. The van der Waals surface area contributed by atoms with E-state index in [2.05, 4.69) is 0 Å². The lowest BCUT2D eigenvalue weighted by molar-refractivity contribution is -0.137. The number of carboxylic acids is 1. The molecule has 5 heteroatoms. The zero-order valence-electron chi connectivity index (χ0n) is 10.6. The van der Waals surface area contributed by atoms with E-state index in [-0.39, 0.29) is 5.92 Å². The van der Waals surface area contributed by atoms with Crippen LogP contribution in [-0.4, -0.2) is 39.0 Å². The topological polar surface area (TPSA) is 63.6 Å². The standard InChI is InChI=1S/C12H22O4S/c1-9(2)11(12(13)14)17(15)8-4-6-10-5-3-7-16-10/h9-11H,3-8H2,1-2H3,(H,13,14). The van der Waals surface area contributed by atoms with Crippen molar-refractivity contribution in [1.82, 2.24) is 0 Å². The van der Waals surface area contributed by atoms with Gasteiger partial charge in [-0.2, -0.15) is 0 Å². The van der Waals surface area contributed by atoms with Crippen molar-refractivity contribution in [2.45, 2.75) is 50.9 Å². The van der Waals surface area contributed by atoms with Gasteiger partial charge >= 0.3 is 5.97 Å². The molecule has 1 saturated heterocycles. The molecule has 0 bridgehead atoms. The molecule has 1 aliphatic rings. The number of aliphatic carboxylic acids is 1. The first-order valence-electron chi connectivity index (χ1n) is 6.24. The molecular formula is C12H22O4S. The molecule has 1 rings (SSSR count). The monoisotopic (exact) mass is 262 g/mol. The number of hydrogen-bond donors (Lipinski definition) is 1. The van der Waals surface area contributed by atoms with Crippen LogP contribution >= 0.6 is 0 Å². The first-order chi connectivity index (χ1) is 8.02. The van der Waals surface area contributed by atoms with Crippen molar-refractivity contribution < 1.29 is 18.8 Å². The predicted molar refractivity (Wildman–Crippen MR) is 67.5 cm³/mol. The minimum Gasteiger partial charge on any atom is -0.480 e. The maximum Gasteiger partial charge on any atom is 0.319 e. The summed E-state index contributed by atoms with van der Waals surface area (Å²) >= 11 is 0. The first-order valence-corrected chi connectivity index (χ1v) is 7.62. The van der Waals surface area contributed by atoms with Gasteiger partial charge in [0.1, 0.15) is 5.25 Å². The first kappa shape index (κ1) is 14.6. The van der Waals surface area contributed by atoms with Crippen molar-refractivity contribution in [3.05, 3.63) is 0 Å². The average molecular weight is 262 g/mol. The van der Waals surface area contributed by atoms with Crippen LogP contribution in [0.25, 0.3) is 0 Å². The average Bonchev–Trinajstić information content (AvgIpc) is 2.69. The molecule has 17 heavy (non-hydrogen) atoms. The maximum absolute atomic E-state index is 11.9. The summed E-state index contributed by atoms with van der Waals surface area (Å²) in [5.41, 5.74) is 0. The van der Waals surface area contributed by atoms with Gasteiger partial charge in [0.2, 0.25) is 0 Å². The SMILES string of the molecule is CC(C)C(C(=O)O)S(=O)CCCC1CCCO1. The quantitative estimate of drug-likeness (QED) is 0.760. The Morgan fingerprint density at radius 2 is 2.24 bits per heavy atom. The van der Waals surface area contributed by atoms with E-state index in [1.807, 2.05) is 0 Å². The van der Waals surface area contributed by atoms with Crippen molar-refractivity contribution in [2.75, 3.05) is 12.4 Å². The van der Waals surface area contributed by atoms with Crippen LogP contribution in [0.2, 0.25) is 0 Å². The lowest BCUT2D eigenvalue weighted by Gasteiger charge is -2.16. The molecule has 0 radical (unpaired) electrons. The van der Waals surface area contributed by atoms with Crippen LogP contribution in [-0.2, 0) is 20.3 Å². The second kappa shape index (κ2) is 7.11. The van der Waals surface area contributed by atoms with Crippen molar-refractivity contribution in [3.8, 4) is 0 Å². The van der Waals surface area contributed by atoms with Crippen LogP contribution in [0.3, 0.4) is 0 Å². The number of rotatable bonds is 7. The van der Waals surface area contributed by atoms with Crippen molar-refractivity contribution in [1.29, 1.82) is 0 Å². The van der Waals surface area contributed by atoms with Crippen LogP contribution in [0.15, 0.2) is 0 Å². The highest BCUT2D eigenvalue weighted by atomic mass is 32.2. The highest BCUT2D eigenvalue weighted by Gasteiger charge is 2.28. The Labute approximate surface area is 105 Å². The molecule has 0 amide bonds. The molecule has 0 aliphatic carbocycles. The third-order valence-corrected chi connectivity index (χ3v) is 5.03. The van der Waals surface area contributed by atoms with E-state index in [9.17, 15) is 9.00 Å². The summed E-state index contributed by atoms with van der Waals surface area (Å²) in [5.74, 6) is -0.568. The molecule has 3 unspecified atom stereocenters. The second-order valence-electron chi connectivity index (χ2n) is 4.86. The molecule has 1 fully saturated rings. The fourth-order valence-corrected chi connectivity index (χ4v) is 3.69. The largest absolute Gasteiger partial charge is 0.480 e. The van der Waals surface area contributed by atoms with Crippen LogP contribution < -0.4 is 0 Å². The minimum absolute atomic E-state index is 0.0870. The highest BCUT2D eigenvalue weighted by molar-refractivity contribution is 7.86. The smallest absolute Gasteiger partial charge is 0.319 e. The van der Waals surface area contributed by atoms with E-state index >= 15 is 0 Å². The van der Waals surface area contributed by atoms with E-state index in [4.69, 9.17) is 9.84 Å². The van der Waals surface area contributed by atoms with Gasteiger partial charge in [-0.3, -0.25) is 9.00 Å². The Hall–Kier alpha value is -0.420. The number of hydrogen-bond acceptors (Lipinski definition) is 3. The van der Waals surface area contributed by atoms with Crippen molar-refractivity contribution >= 4 is 16.8 Å². The Bertz CT molecular complexity index is 272. The van der Waals surface area contributed by atoms with Gasteiger partial charge in [0.05, 0.1) is 6.10 Å². The van der Waals surface area contributed by atoms with Gasteiger partial charge in [-0.05, 0) is 31.6 Å². The molecule has 0 saturated carbocycles. The van der Waals surface area contributed by atoms with Crippen LogP contribution in [0.1, 0.15) is 39.5 Å². The zero-order chi connectivity index (χ0) is 12.8. The van der Waals surface area contributed by atoms with E-state index in [0.717, 1.165) is 32.3 Å². The van der Waals surface area contributed by atoms with E-state index in [1.165, 1.54) is 0 Å². The normalized spacial score (nSPS) is 23.8. The van der Waals surface area contributed by atoms with Gasteiger partial charge in [-0.15, -0.1) is 0 Å². The third-order valence-electron chi connectivity index (χ3n) is 3.03. The molecular weight excluding hydrogens is 240 g/mol. The molecule has 0 aromatic rings. The maximum atomic E-state index is 11.9. The number of carboxylic acid groups (broad SMARTS) is 1. The molecule has 1 heterocycles. The molecule has 0 aromatic heterocycles. The van der Waals surface area contributed by atoms with Crippen LogP contribution in [0, 0.1) is 5.92 Å². The minimum atomic E-state index is -1.27. The summed E-state index contributed by atoms with van der Waals surface area (Å²) in [7, 11) is -1.27. The van der Waals surface area contributed by atoms with Gasteiger partial charge in [0, 0.05) is 23.2 Å². The lowest BCUT2D eigenvalue weighted by atomic mass is 10.1. The van der Waals surface area contributed by atoms with E-state index in [1.54, 1.807) is 13.8 Å². The highest BCUT2D eigenvalue weighted by Crippen LogP contribution is 2.18. The van der Waals surface area contributed by atoms with Gasteiger partial charge in [0.25, 0.3) is 0 Å².